The Morgan fingerprint density at radius 3 is 2.97 bits per heavy atom. The van der Waals surface area contributed by atoms with E-state index in [-0.39, 0.29) is 6.04 Å². The Morgan fingerprint density at radius 1 is 1.28 bits per heavy atom. The van der Waals surface area contributed by atoms with E-state index in [0.717, 1.165) is 34.5 Å². The van der Waals surface area contributed by atoms with Crippen LogP contribution in [0.5, 0.6) is 0 Å². The number of ether oxygens (including phenoxy) is 1. The molecule has 148 valence electrons. The van der Waals surface area contributed by atoms with Gasteiger partial charge >= 0.3 is 0 Å². The Balaban J connectivity index is 1.74. The summed E-state index contributed by atoms with van der Waals surface area (Å²) < 4.78 is 22.5. The molecule has 5 rings (SSSR count). The number of nitrogens with zero attached hydrogens (tertiary/aromatic N) is 4. The van der Waals surface area contributed by atoms with Gasteiger partial charge in [0, 0.05) is 42.6 Å². The molecule has 1 aliphatic heterocycles. The third kappa shape index (κ3) is 3.07. The summed E-state index contributed by atoms with van der Waals surface area (Å²) in [5.41, 5.74) is 3.82. The van der Waals surface area contributed by atoms with Crippen molar-refractivity contribution >= 4 is 16.7 Å². The molecule has 0 amide bonds. The molecule has 4 aromatic heterocycles. The molecule has 6 nitrogen and oxygen atoms in total. The number of aromatic nitrogens is 4. The van der Waals surface area contributed by atoms with Crippen LogP contribution in [-0.4, -0.2) is 45.3 Å². The second-order valence-corrected chi connectivity index (χ2v) is 7.45. The molecule has 0 aliphatic carbocycles. The first-order chi connectivity index (χ1) is 14.1. The number of rotatable bonds is 3. The van der Waals surface area contributed by atoms with Gasteiger partial charge in [0.15, 0.2) is 0 Å². The maximum absolute atomic E-state index is 14.9. The minimum atomic E-state index is -0.519. The Morgan fingerprint density at radius 2 is 2.17 bits per heavy atom. The summed E-state index contributed by atoms with van der Waals surface area (Å²) in [6, 6.07) is 10.1. The first-order valence-corrected chi connectivity index (χ1v) is 9.72. The van der Waals surface area contributed by atoms with E-state index in [1.807, 2.05) is 31.4 Å². The number of nitrogens with one attached hydrogen (secondary N) is 1. The number of aryl methyl sites for hydroxylation is 1. The molecule has 1 N–H and O–H groups in total. The highest BCUT2D eigenvalue weighted by atomic mass is 19.1. The largest absolute Gasteiger partial charge is 0.377 e. The lowest BCUT2D eigenvalue weighted by Crippen LogP contribution is -2.44. The van der Waals surface area contributed by atoms with Crippen molar-refractivity contribution in [2.75, 3.05) is 24.7 Å². The molecule has 7 heteroatoms. The van der Waals surface area contributed by atoms with E-state index in [1.165, 1.54) is 6.20 Å². The predicted molar refractivity (Wildman–Crippen MR) is 111 cm³/mol. The van der Waals surface area contributed by atoms with Gasteiger partial charge in [-0.2, -0.15) is 4.39 Å². The summed E-state index contributed by atoms with van der Waals surface area (Å²) in [5.74, 6) is 0.302. The molecule has 1 saturated heterocycles. The van der Waals surface area contributed by atoms with Crippen LogP contribution in [0.2, 0.25) is 0 Å². The third-order valence-electron chi connectivity index (χ3n) is 5.53. The number of hydrogen-bond acceptors (Lipinski definition) is 4. The van der Waals surface area contributed by atoms with Crippen molar-refractivity contribution in [3.05, 3.63) is 54.9 Å². The summed E-state index contributed by atoms with van der Waals surface area (Å²) in [5, 5.41) is 0.773. The van der Waals surface area contributed by atoms with Crippen molar-refractivity contribution in [2.45, 2.75) is 13.0 Å². The molecule has 0 unspecified atom stereocenters. The SMILES string of the molecule is C[C@@H]1COCCN1c1cc(-c2cccn2C)cc(-c2c(F)ncc3[nH]ccc23)n1. The van der Waals surface area contributed by atoms with Gasteiger partial charge in [0.05, 0.1) is 42.2 Å². The fourth-order valence-electron chi connectivity index (χ4n) is 4.02. The maximum atomic E-state index is 14.9. The van der Waals surface area contributed by atoms with Crippen LogP contribution in [0, 0.1) is 5.95 Å². The standard InChI is InChI=1S/C22H22FN5O/c1-14-13-29-9-8-28(14)20-11-15(19-4-3-7-27(19)2)10-17(26-20)21-16-5-6-24-18(16)12-25-22(21)23/h3-7,10-12,14,24H,8-9,13H2,1-2H3/t14-/m1/s1. The topological polar surface area (TPSA) is 59.0 Å². The molecule has 0 saturated carbocycles. The summed E-state index contributed by atoms with van der Waals surface area (Å²) in [6.07, 6.45) is 5.31. The maximum Gasteiger partial charge on any atom is 0.223 e. The smallest absolute Gasteiger partial charge is 0.223 e. The van der Waals surface area contributed by atoms with E-state index in [0.29, 0.717) is 24.5 Å². The highest BCUT2D eigenvalue weighted by Crippen LogP contribution is 2.34. The van der Waals surface area contributed by atoms with Crippen LogP contribution >= 0.6 is 0 Å². The number of halogens is 1. The van der Waals surface area contributed by atoms with E-state index < -0.39 is 5.95 Å². The Bertz CT molecular complexity index is 1180. The van der Waals surface area contributed by atoms with E-state index in [2.05, 4.69) is 38.5 Å². The van der Waals surface area contributed by atoms with Crippen molar-refractivity contribution in [2.24, 2.45) is 7.05 Å². The Labute approximate surface area is 168 Å². The van der Waals surface area contributed by atoms with Gasteiger partial charge in [-0.15, -0.1) is 0 Å². The van der Waals surface area contributed by atoms with Crippen LogP contribution in [0.3, 0.4) is 0 Å². The van der Waals surface area contributed by atoms with Crippen molar-refractivity contribution in [1.82, 2.24) is 19.5 Å². The molecule has 5 heterocycles. The molecular weight excluding hydrogens is 369 g/mol. The average molecular weight is 391 g/mol. The van der Waals surface area contributed by atoms with Crippen molar-refractivity contribution < 1.29 is 9.13 Å². The van der Waals surface area contributed by atoms with Gasteiger partial charge < -0.3 is 19.2 Å². The molecule has 0 radical (unpaired) electrons. The van der Waals surface area contributed by atoms with Crippen LogP contribution in [0.15, 0.2) is 48.9 Å². The molecule has 0 bridgehead atoms. The molecule has 29 heavy (non-hydrogen) atoms. The number of aromatic amines is 1. The van der Waals surface area contributed by atoms with Crippen molar-refractivity contribution in [1.29, 1.82) is 0 Å². The zero-order valence-corrected chi connectivity index (χ0v) is 16.4. The lowest BCUT2D eigenvalue weighted by Gasteiger charge is -2.34. The van der Waals surface area contributed by atoms with Gasteiger partial charge in [0.1, 0.15) is 5.82 Å². The highest BCUT2D eigenvalue weighted by molar-refractivity contribution is 5.94. The minimum absolute atomic E-state index is 0.193. The zero-order chi connectivity index (χ0) is 20.0. The fraction of sp³-hybridized carbons (Fsp3) is 0.273. The molecule has 0 spiro atoms. The number of hydrogen-bond donors (Lipinski definition) is 1. The van der Waals surface area contributed by atoms with Gasteiger partial charge in [-0.25, -0.2) is 9.97 Å². The number of morpholine rings is 1. The lowest BCUT2D eigenvalue weighted by atomic mass is 10.0. The van der Waals surface area contributed by atoms with Crippen LogP contribution in [0.25, 0.3) is 33.4 Å². The number of fused-ring (bicyclic) bond motifs is 1. The second kappa shape index (κ2) is 7.00. The van der Waals surface area contributed by atoms with Crippen LogP contribution in [0.4, 0.5) is 10.2 Å². The van der Waals surface area contributed by atoms with E-state index in [1.54, 1.807) is 6.20 Å². The van der Waals surface area contributed by atoms with Gasteiger partial charge in [0.2, 0.25) is 5.95 Å². The van der Waals surface area contributed by atoms with Crippen LogP contribution < -0.4 is 4.90 Å². The van der Waals surface area contributed by atoms with Crippen LogP contribution in [-0.2, 0) is 11.8 Å². The number of anilines is 1. The van der Waals surface area contributed by atoms with Gasteiger partial charge in [-0.05, 0) is 37.3 Å². The van der Waals surface area contributed by atoms with Crippen LogP contribution in [0.1, 0.15) is 6.92 Å². The van der Waals surface area contributed by atoms with E-state index >= 15 is 0 Å². The third-order valence-corrected chi connectivity index (χ3v) is 5.53. The van der Waals surface area contributed by atoms with E-state index in [9.17, 15) is 4.39 Å². The molecular formula is C22H22FN5O. The predicted octanol–water partition coefficient (Wildman–Crippen LogP) is 3.99. The zero-order valence-electron chi connectivity index (χ0n) is 16.4. The van der Waals surface area contributed by atoms with Crippen molar-refractivity contribution in [3.8, 4) is 22.5 Å². The van der Waals surface area contributed by atoms with E-state index in [4.69, 9.17) is 9.72 Å². The molecule has 0 aromatic carbocycles. The number of pyridine rings is 2. The second-order valence-electron chi connectivity index (χ2n) is 7.45. The molecule has 1 atom stereocenters. The minimum Gasteiger partial charge on any atom is -0.377 e. The Hall–Kier alpha value is -3.19. The summed E-state index contributed by atoms with van der Waals surface area (Å²) in [4.78, 5) is 14.2. The first-order valence-electron chi connectivity index (χ1n) is 9.72. The van der Waals surface area contributed by atoms with Gasteiger partial charge in [-0.3, -0.25) is 0 Å². The monoisotopic (exact) mass is 391 g/mol. The summed E-state index contributed by atoms with van der Waals surface area (Å²) in [6.45, 7) is 4.16. The average Bonchev–Trinajstić information content (AvgIpc) is 3.36. The lowest BCUT2D eigenvalue weighted by molar-refractivity contribution is 0.0985. The van der Waals surface area contributed by atoms with Gasteiger partial charge in [-0.1, -0.05) is 0 Å². The molecule has 1 fully saturated rings. The van der Waals surface area contributed by atoms with Gasteiger partial charge in [0.25, 0.3) is 0 Å². The first kappa shape index (κ1) is 17.9. The number of H-pyrrole nitrogens is 1. The fourth-order valence-corrected chi connectivity index (χ4v) is 4.02. The highest BCUT2D eigenvalue weighted by Gasteiger charge is 2.23. The normalized spacial score (nSPS) is 17.2. The quantitative estimate of drug-likeness (QED) is 0.537. The summed E-state index contributed by atoms with van der Waals surface area (Å²) in [7, 11) is 2.00. The van der Waals surface area contributed by atoms with Crippen molar-refractivity contribution in [3.63, 3.8) is 0 Å². The molecule has 1 aliphatic rings. The Kier molecular flexibility index (Phi) is 4.32. The molecule has 4 aromatic rings. The summed E-state index contributed by atoms with van der Waals surface area (Å²) >= 11 is 0.